The predicted molar refractivity (Wildman–Crippen MR) is 143 cm³/mol. The van der Waals surface area contributed by atoms with E-state index < -0.39 is 11.9 Å². The number of carbonyl (C=O) groups is 2. The van der Waals surface area contributed by atoms with Crippen LogP contribution in [0, 0.1) is 0 Å². The van der Waals surface area contributed by atoms with E-state index in [0.29, 0.717) is 36.6 Å². The molecule has 0 aliphatic carbocycles. The van der Waals surface area contributed by atoms with E-state index in [-0.39, 0.29) is 12.5 Å². The summed E-state index contributed by atoms with van der Waals surface area (Å²) in [5.41, 5.74) is 4.36. The summed E-state index contributed by atoms with van der Waals surface area (Å²) >= 11 is 13.0. The minimum Gasteiger partial charge on any atom is -0.493 e. The Morgan fingerprint density at radius 3 is 2.51 bits per heavy atom. The second-order valence-corrected chi connectivity index (χ2v) is 9.44. The first-order valence-electron chi connectivity index (χ1n) is 10.4. The summed E-state index contributed by atoms with van der Waals surface area (Å²) in [5, 5.41) is 7.25. The van der Waals surface area contributed by atoms with E-state index >= 15 is 0 Å². The van der Waals surface area contributed by atoms with E-state index in [1.807, 2.05) is 18.2 Å². The summed E-state index contributed by atoms with van der Waals surface area (Å²) in [6.07, 6.45) is 1.46. The molecule has 7 nitrogen and oxygen atoms in total. The minimum absolute atomic E-state index is 0.265. The Kier molecular flexibility index (Phi) is 9.71. The average molecular weight is 624 g/mol. The van der Waals surface area contributed by atoms with Crippen LogP contribution in [0.3, 0.4) is 0 Å². The third-order valence-corrected chi connectivity index (χ3v) is 6.48. The molecule has 1 unspecified atom stereocenters. The number of rotatable bonds is 9. The number of carbonyl (C=O) groups excluding carboxylic acids is 2. The zero-order chi connectivity index (χ0) is 25.4. The molecule has 0 bridgehead atoms. The lowest BCUT2D eigenvalue weighted by molar-refractivity contribution is -0.122. The van der Waals surface area contributed by atoms with Gasteiger partial charge in [0.25, 0.3) is 11.8 Å². The highest BCUT2D eigenvalue weighted by molar-refractivity contribution is 9.10. The molecular formula is C25H22Br2ClN3O4. The largest absolute Gasteiger partial charge is 0.493 e. The summed E-state index contributed by atoms with van der Waals surface area (Å²) in [5.74, 6) is 0.155. The van der Waals surface area contributed by atoms with Crippen molar-refractivity contribution in [3.05, 3.63) is 91.3 Å². The van der Waals surface area contributed by atoms with Crippen molar-refractivity contribution >= 4 is 61.5 Å². The van der Waals surface area contributed by atoms with Gasteiger partial charge in [-0.05, 0) is 74.7 Å². The van der Waals surface area contributed by atoms with E-state index in [4.69, 9.17) is 21.1 Å². The number of methoxy groups -OCH3 is 1. The molecule has 0 spiro atoms. The van der Waals surface area contributed by atoms with Gasteiger partial charge in [-0.2, -0.15) is 5.10 Å². The maximum atomic E-state index is 12.4. The topological polar surface area (TPSA) is 89.0 Å². The fraction of sp³-hybridized carbons (Fsp3) is 0.160. The molecule has 0 heterocycles. The molecule has 3 aromatic rings. The lowest BCUT2D eigenvalue weighted by Crippen LogP contribution is -2.43. The van der Waals surface area contributed by atoms with Gasteiger partial charge >= 0.3 is 0 Å². The van der Waals surface area contributed by atoms with Crippen molar-refractivity contribution in [3.63, 3.8) is 0 Å². The summed E-state index contributed by atoms with van der Waals surface area (Å²) in [6, 6.07) is 17.1. The third-order valence-electron chi connectivity index (χ3n) is 4.83. The van der Waals surface area contributed by atoms with Crippen molar-refractivity contribution < 1.29 is 19.1 Å². The smallest absolute Gasteiger partial charge is 0.262 e. The molecule has 182 valence electrons. The van der Waals surface area contributed by atoms with Crippen LogP contribution in [-0.4, -0.2) is 31.2 Å². The van der Waals surface area contributed by atoms with Crippen molar-refractivity contribution in [2.75, 3.05) is 7.11 Å². The normalized spacial score (nSPS) is 11.7. The van der Waals surface area contributed by atoms with E-state index in [9.17, 15) is 9.59 Å². The first-order chi connectivity index (χ1) is 16.8. The third kappa shape index (κ3) is 7.30. The fourth-order valence-electron chi connectivity index (χ4n) is 2.97. The number of hydrogen-bond acceptors (Lipinski definition) is 5. The van der Waals surface area contributed by atoms with Crippen molar-refractivity contribution in [2.24, 2.45) is 5.10 Å². The molecule has 2 N–H and O–H groups in total. The number of hydrazone groups is 1. The van der Waals surface area contributed by atoms with Crippen LogP contribution in [0.15, 0.2) is 74.7 Å². The monoisotopic (exact) mass is 621 g/mol. The standard InChI is InChI=1S/C25H22Br2ClN3O4/c1-15(30-25(33)18-8-4-5-9-19(18)26)24(32)31-29-13-16-11-20(27)23(22(12-16)34-2)35-14-17-7-3-6-10-21(17)28/h3-13,15H,14H2,1-2H3,(H,30,33)(H,31,32). The van der Waals surface area contributed by atoms with Gasteiger partial charge in [0.1, 0.15) is 12.6 Å². The maximum absolute atomic E-state index is 12.4. The summed E-state index contributed by atoms with van der Waals surface area (Å²) in [6.45, 7) is 1.84. The van der Waals surface area contributed by atoms with Gasteiger partial charge in [-0.1, -0.05) is 41.9 Å². The number of nitrogens with zero attached hydrogens (tertiary/aromatic N) is 1. The molecule has 1 atom stereocenters. The van der Waals surface area contributed by atoms with E-state index in [1.165, 1.54) is 13.3 Å². The van der Waals surface area contributed by atoms with Crippen molar-refractivity contribution in [1.29, 1.82) is 0 Å². The Morgan fingerprint density at radius 1 is 1.09 bits per heavy atom. The Labute approximate surface area is 225 Å². The van der Waals surface area contributed by atoms with Crippen LogP contribution < -0.4 is 20.2 Å². The number of benzene rings is 3. The lowest BCUT2D eigenvalue weighted by Gasteiger charge is -2.14. The summed E-state index contributed by atoms with van der Waals surface area (Å²) in [4.78, 5) is 24.7. The zero-order valence-corrected chi connectivity index (χ0v) is 22.8. The summed E-state index contributed by atoms with van der Waals surface area (Å²) < 4.78 is 12.7. The first kappa shape index (κ1) is 26.7. The Hall–Kier alpha value is -2.88. The van der Waals surface area contributed by atoms with Gasteiger partial charge in [-0.25, -0.2) is 5.43 Å². The Morgan fingerprint density at radius 2 is 1.80 bits per heavy atom. The molecule has 0 saturated heterocycles. The average Bonchev–Trinajstić information content (AvgIpc) is 2.84. The van der Waals surface area contributed by atoms with Crippen LogP contribution in [0.25, 0.3) is 0 Å². The lowest BCUT2D eigenvalue weighted by atomic mass is 10.2. The SMILES string of the molecule is COc1cc(C=NNC(=O)C(C)NC(=O)c2ccccc2Br)cc(Br)c1OCc1ccccc1Cl. The first-order valence-corrected chi connectivity index (χ1v) is 12.4. The van der Waals surface area contributed by atoms with Crippen molar-refractivity contribution in [1.82, 2.24) is 10.7 Å². The van der Waals surface area contributed by atoms with Crippen LogP contribution in [0.5, 0.6) is 11.5 Å². The molecule has 3 aromatic carbocycles. The fourth-order valence-corrected chi connectivity index (χ4v) is 4.20. The van der Waals surface area contributed by atoms with Crippen LogP contribution in [0.1, 0.15) is 28.4 Å². The van der Waals surface area contributed by atoms with Crippen LogP contribution in [0.4, 0.5) is 0 Å². The Bertz CT molecular complexity index is 1250. The summed E-state index contributed by atoms with van der Waals surface area (Å²) in [7, 11) is 1.53. The van der Waals surface area contributed by atoms with Crippen LogP contribution in [0.2, 0.25) is 5.02 Å². The molecule has 0 aliphatic rings. The van der Waals surface area contributed by atoms with E-state index in [1.54, 1.807) is 49.4 Å². The molecule has 0 aliphatic heterocycles. The van der Waals surface area contributed by atoms with Gasteiger partial charge in [0.05, 0.1) is 23.4 Å². The van der Waals surface area contributed by atoms with Gasteiger partial charge in [-0.3, -0.25) is 9.59 Å². The Balaban J connectivity index is 1.61. The van der Waals surface area contributed by atoms with Crippen LogP contribution >= 0.6 is 43.5 Å². The van der Waals surface area contributed by atoms with Crippen molar-refractivity contribution in [2.45, 2.75) is 19.6 Å². The molecule has 35 heavy (non-hydrogen) atoms. The highest BCUT2D eigenvalue weighted by Crippen LogP contribution is 2.37. The van der Waals surface area contributed by atoms with Gasteiger partial charge in [-0.15, -0.1) is 0 Å². The van der Waals surface area contributed by atoms with E-state index in [0.717, 1.165) is 5.56 Å². The molecule has 3 rings (SSSR count). The van der Waals surface area contributed by atoms with Gasteiger partial charge < -0.3 is 14.8 Å². The molecule has 10 heteroatoms. The number of hydrogen-bond donors (Lipinski definition) is 2. The highest BCUT2D eigenvalue weighted by Gasteiger charge is 2.18. The number of amides is 2. The van der Waals surface area contributed by atoms with Gasteiger partial charge in [0.2, 0.25) is 0 Å². The van der Waals surface area contributed by atoms with Crippen molar-refractivity contribution in [3.8, 4) is 11.5 Å². The zero-order valence-electron chi connectivity index (χ0n) is 18.8. The number of halogens is 3. The molecule has 0 saturated carbocycles. The van der Waals surface area contributed by atoms with Crippen LogP contribution in [-0.2, 0) is 11.4 Å². The molecule has 2 amide bonds. The molecular weight excluding hydrogens is 602 g/mol. The van der Waals surface area contributed by atoms with Gasteiger partial charge in [0.15, 0.2) is 11.5 Å². The number of ether oxygens (including phenoxy) is 2. The number of nitrogens with one attached hydrogen (secondary N) is 2. The quantitative estimate of drug-likeness (QED) is 0.236. The highest BCUT2D eigenvalue weighted by atomic mass is 79.9. The van der Waals surface area contributed by atoms with Gasteiger partial charge in [0, 0.05) is 15.1 Å². The molecule has 0 aromatic heterocycles. The second-order valence-electron chi connectivity index (χ2n) is 7.32. The molecule has 0 radical (unpaired) electrons. The maximum Gasteiger partial charge on any atom is 0.262 e. The molecule has 0 fully saturated rings. The second kappa shape index (κ2) is 12.7. The minimum atomic E-state index is -0.798. The predicted octanol–water partition coefficient (Wildman–Crippen LogP) is 5.72. The van der Waals surface area contributed by atoms with E-state index in [2.05, 4.69) is 47.7 Å².